The fourth-order valence-electron chi connectivity index (χ4n) is 9.44. The first-order valence-corrected chi connectivity index (χ1v) is 18.6. The molecule has 0 unspecified atom stereocenters. The van der Waals surface area contributed by atoms with Gasteiger partial charge in [-0.25, -0.2) is 0 Å². The Morgan fingerprint density at radius 3 is 1.83 bits per heavy atom. The van der Waals surface area contributed by atoms with Gasteiger partial charge in [-0.2, -0.15) is 0 Å². The first-order chi connectivity index (χ1) is 26.2. The first kappa shape index (κ1) is 30.0. The van der Waals surface area contributed by atoms with Gasteiger partial charge in [0.2, 0.25) is 0 Å². The van der Waals surface area contributed by atoms with E-state index in [1.807, 2.05) is 0 Å². The molecule has 1 spiro atoms. The smallest absolute Gasteiger partial charge is 0.0561 e. The Morgan fingerprint density at radius 1 is 0.396 bits per heavy atom. The second kappa shape index (κ2) is 11.7. The van der Waals surface area contributed by atoms with E-state index < -0.39 is 0 Å². The Hall–Kier alpha value is -6.64. The molecule has 0 saturated carbocycles. The molecule has 2 aliphatic rings. The average Bonchev–Trinajstić information content (AvgIpc) is 3.86. The molecule has 8 aromatic carbocycles. The summed E-state index contributed by atoms with van der Waals surface area (Å²) >= 11 is 0. The van der Waals surface area contributed by atoms with Gasteiger partial charge in [-0.3, -0.25) is 0 Å². The van der Waals surface area contributed by atoms with E-state index in [1.165, 1.54) is 66.3 Å². The molecule has 0 atom stereocenters. The van der Waals surface area contributed by atoms with E-state index in [2.05, 4.69) is 204 Å². The van der Waals surface area contributed by atoms with Crippen molar-refractivity contribution in [2.75, 3.05) is 4.90 Å². The summed E-state index contributed by atoms with van der Waals surface area (Å²) in [6, 6.07) is 71.6. The van der Waals surface area contributed by atoms with Crippen molar-refractivity contribution in [2.24, 2.45) is 0 Å². The molecule has 0 radical (unpaired) electrons. The molecule has 250 valence electrons. The van der Waals surface area contributed by atoms with Crippen LogP contribution in [0.3, 0.4) is 0 Å². The van der Waals surface area contributed by atoms with Gasteiger partial charge in [-0.05, 0) is 112 Å². The topological polar surface area (TPSA) is 8.17 Å². The fourth-order valence-corrected chi connectivity index (χ4v) is 9.44. The van der Waals surface area contributed by atoms with E-state index in [1.54, 1.807) is 0 Å². The number of aromatic nitrogens is 1. The van der Waals surface area contributed by atoms with Crippen LogP contribution in [0.5, 0.6) is 0 Å². The van der Waals surface area contributed by atoms with E-state index in [0.29, 0.717) is 0 Å². The van der Waals surface area contributed by atoms with Crippen LogP contribution >= 0.6 is 0 Å². The lowest BCUT2D eigenvalue weighted by Crippen LogP contribution is -2.25. The standard InChI is InChI=1S/C51H36N2/c1-3-14-35(15-4-1)36-18-13-21-40(30-36)52(42-26-28-45-44-23-10-12-25-49(44)53(50(45)32-42)39-19-5-2-6-20-39)41-27-29-48-46(31-41)43-22-9-11-24-47(43)51(48)33-37-16-7-8-17-38(37)34-51/h1-32H,33-34H2. The molecule has 0 fully saturated rings. The number of para-hydroxylation sites is 2. The van der Waals surface area contributed by atoms with Crippen molar-refractivity contribution >= 4 is 38.9 Å². The van der Waals surface area contributed by atoms with Gasteiger partial charge in [0.25, 0.3) is 0 Å². The molecule has 1 heterocycles. The molecule has 2 heteroatoms. The van der Waals surface area contributed by atoms with Crippen molar-refractivity contribution in [1.82, 2.24) is 4.57 Å². The van der Waals surface area contributed by atoms with E-state index in [-0.39, 0.29) is 5.41 Å². The Kier molecular flexibility index (Phi) is 6.63. The summed E-state index contributed by atoms with van der Waals surface area (Å²) in [6.07, 6.45) is 2.08. The Labute approximate surface area is 309 Å². The second-order valence-electron chi connectivity index (χ2n) is 14.6. The van der Waals surface area contributed by atoms with Crippen LogP contribution in [0.25, 0.3) is 49.7 Å². The average molecular weight is 677 g/mol. The maximum absolute atomic E-state index is 2.46. The van der Waals surface area contributed by atoms with E-state index in [9.17, 15) is 0 Å². The molecule has 2 aliphatic carbocycles. The Balaban J connectivity index is 1.14. The van der Waals surface area contributed by atoms with Gasteiger partial charge in [0.1, 0.15) is 0 Å². The second-order valence-corrected chi connectivity index (χ2v) is 14.6. The van der Waals surface area contributed by atoms with Gasteiger partial charge >= 0.3 is 0 Å². The molecule has 1 aromatic heterocycles. The molecule has 0 amide bonds. The zero-order chi connectivity index (χ0) is 34.9. The SMILES string of the molecule is c1ccc(-c2cccc(N(c3ccc4c(c3)-c3ccccc3C43Cc4ccccc4C3)c3ccc4c5ccccc5n(-c5ccccc5)c4c3)c2)cc1. The highest BCUT2D eigenvalue weighted by Gasteiger charge is 2.47. The maximum atomic E-state index is 2.46. The molecule has 0 bridgehead atoms. The number of anilines is 3. The van der Waals surface area contributed by atoms with Crippen molar-refractivity contribution in [3.8, 4) is 27.9 Å². The zero-order valence-corrected chi connectivity index (χ0v) is 29.3. The normalized spacial score (nSPS) is 13.7. The third-order valence-corrected chi connectivity index (χ3v) is 11.8. The molecule has 9 aromatic rings. The van der Waals surface area contributed by atoms with E-state index in [4.69, 9.17) is 0 Å². The summed E-state index contributed by atoms with van der Waals surface area (Å²) in [7, 11) is 0. The third-order valence-electron chi connectivity index (χ3n) is 11.8. The van der Waals surface area contributed by atoms with Gasteiger partial charge in [0, 0.05) is 38.9 Å². The quantitative estimate of drug-likeness (QED) is 0.176. The monoisotopic (exact) mass is 676 g/mol. The molecule has 0 saturated heterocycles. The van der Waals surface area contributed by atoms with Crippen molar-refractivity contribution in [2.45, 2.75) is 18.3 Å². The van der Waals surface area contributed by atoms with Gasteiger partial charge in [-0.1, -0.05) is 140 Å². The molecule has 11 rings (SSSR count). The number of hydrogen-bond acceptors (Lipinski definition) is 1. The van der Waals surface area contributed by atoms with Crippen molar-refractivity contribution < 1.29 is 0 Å². The van der Waals surface area contributed by atoms with Crippen LogP contribution in [0.2, 0.25) is 0 Å². The number of hydrogen-bond donors (Lipinski definition) is 0. The number of fused-ring (bicyclic) bond motifs is 9. The van der Waals surface area contributed by atoms with Crippen molar-refractivity contribution in [3.63, 3.8) is 0 Å². The van der Waals surface area contributed by atoms with Gasteiger partial charge in [0.15, 0.2) is 0 Å². The molecule has 0 N–H and O–H groups in total. The zero-order valence-electron chi connectivity index (χ0n) is 29.3. The van der Waals surface area contributed by atoms with E-state index >= 15 is 0 Å². The summed E-state index contributed by atoms with van der Waals surface area (Å²) in [6.45, 7) is 0. The van der Waals surface area contributed by atoms with Gasteiger partial charge in [0.05, 0.1) is 11.0 Å². The largest absolute Gasteiger partial charge is 0.310 e. The van der Waals surface area contributed by atoms with Gasteiger partial charge < -0.3 is 9.47 Å². The number of rotatable bonds is 5. The minimum Gasteiger partial charge on any atom is -0.310 e. The highest BCUT2D eigenvalue weighted by atomic mass is 15.1. The number of benzene rings is 8. The lowest BCUT2D eigenvalue weighted by atomic mass is 9.75. The van der Waals surface area contributed by atoms with Crippen molar-refractivity contribution in [1.29, 1.82) is 0 Å². The molecular formula is C51H36N2. The van der Waals surface area contributed by atoms with Crippen LogP contribution in [0.4, 0.5) is 17.1 Å². The molecule has 2 nitrogen and oxygen atoms in total. The lowest BCUT2D eigenvalue weighted by Gasteiger charge is -2.29. The van der Waals surface area contributed by atoms with Crippen LogP contribution in [0.1, 0.15) is 22.3 Å². The van der Waals surface area contributed by atoms with E-state index in [0.717, 1.165) is 35.6 Å². The van der Waals surface area contributed by atoms with Crippen LogP contribution in [0.15, 0.2) is 194 Å². The van der Waals surface area contributed by atoms with Crippen LogP contribution in [0, 0.1) is 0 Å². The van der Waals surface area contributed by atoms with Crippen LogP contribution < -0.4 is 4.90 Å². The highest BCUT2D eigenvalue weighted by molar-refractivity contribution is 6.10. The number of nitrogens with zero attached hydrogens (tertiary/aromatic N) is 2. The Bertz CT molecular complexity index is 2820. The minimum atomic E-state index is -0.0400. The third kappa shape index (κ3) is 4.59. The minimum absolute atomic E-state index is 0.0400. The predicted octanol–water partition coefficient (Wildman–Crippen LogP) is 13.0. The Morgan fingerprint density at radius 2 is 1.00 bits per heavy atom. The molecule has 0 aliphatic heterocycles. The first-order valence-electron chi connectivity index (χ1n) is 18.6. The fraction of sp³-hybridized carbons (Fsp3) is 0.0588. The van der Waals surface area contributed by atoms with Crippen LogP contribution in [-0.2, 0) is 18.3 Å². The van der Waals surface area contributed by atoms with Crippen LogP contribution in [-0.4, -0.2) is 4.57 Å². The summed E-state index contributed by atoms with van der Waals surface area (Å²) in [5.41, 5.74) is 17.9. The predicted molar refractivity (Wildman–Crippen MR) is 221 cm³/mol. The summed E-state index contributed by atoms with van der Waals surface area (Å²) in [4.78, 5) is 2.45. The van der Waals surface area contributed by atoms with Gasteiger partial charge in [-0.15, -0.1) is 0 Å². The highest BCUT2D eigenvalue weighted by Crippen LogP contribution is 2.56. The summed E-state index contributed by atoms with van der Waals surface area (Å²) in [5.74, 6) is 0. The summed E-state index contributed by atoms with van der Waals surface area (Å²) < 4.78 is 2.41. The molecule has 53 heavy (non-hydrogen) atoms. The lowest BCUT2D eigenvalue weighted by molar-refractivity contribution is 0.563. The maximum Gasteiger partial charge on any atom is 0.0561 e. The summed E-state index contributed by atoms with van der Waals surface area (Å²) in [5, 5.41) is 2.50. The molecular weight excluding hydrogens is 641 g/mol. The van der Waals surface area contributed by atoms with Crippen molar-refractivity contribution in [3.05, 3.63) is 216 Å².